The zero-order valence-electron chi connectivity index (χ0n) is 9.94. The third kappa shape index (κ3) is 2.92. The molecule has 0 atom stereocenters. The highest BCUT2D eigenvalue weighted by atomic mass is 32.2. The van der Waals surface area contributed by atoms with Gasteiger partial charge in [0.2, 0.25) is 0 Å². The number of para-hydroxylation sites is 1. The molecule has 0 amide bonds. The Kier molecular flexibility index (Phi) is 4.24. The SMILES string of the molecule is COC(=O)C(C)(C)Sc1ccccc1OC. The van der Waals surface area contributed by atoms with Crippen LogP contribution in [-0.2, 0) is 9.53 Å². The Morgan fingerprint density at radius 2 is 1.88 bits per heavy atom. The minimum absolute atomic E-state index is 0.247. The van der Waals surface area contributed by atoms with E-state index in [1.165, 1.54) is 18.9 Å². The van der Waals surface area contributed by atoms with Crippen LogP contribution in [0.4, 0.5) is 0 Å². The molecule has 0 aliphatic rings. The Morgan fingerprint density at radius 3 is 2.44 bits per heavy atom. The maximum absolute atomic E-state index is 11.6. The van der Waals surface area contributed by atoms with Crippen molar-refractivity contribution in [3.8, 4) is 5.75 Å². The number of hydrogen-bond donors (Lipinski definition) is 0. The molecule has 1 aromatic carbocycles. The summed E-state index contributed by atoms with van der Waals surface area (Å²) in [5, 5.41) is 0. The van der Waals surface area contributed by atoms with Crippen LogP contribution in [0.5, 0.6) is 5.75 Å². The summed E-state index contributed by atoms with van der Waals surface area (Å²) in [6.07, 6.45) is 0. The van der Waals surface area contributed by atoms with Crippen LogP contribution in [0.1, 0.15) is 13.8 Å². The molecule has 0 saturated carbocycles. The minimum Gasteiger partial charge on any atom is -0.496 e. The van der Waals surface area contributed by atoms with Gasteiger partial charge in [0.05, 0.1) is 19.1 Å². The molecular weight excluding hydrogens is 224 g/mol. The molecule has 0 heterocycles. The molecule has 88 valence electrons. The number of methoxy groups -OCH3 is 2. The topological polar surface area (TPSA) is 35.5 Å². The second kappa shape index (κ2) is 5.25. The van der Waals surface area contributed by atoms with E-state index in [2.05, 4.69) is 0 Å². The Balaban J connectivity index is 2.91. The fraction of sp³-hybridized carbons (Fsp3) is 0.417. The molecule has 0 bridgehead atoms. The molecule has 16 heavy (non-hydrogen) atoms. The van der Waals surface area contributed by atoms with Gasteiger partial charge in [-0.3, -0.25) is 4.79 Å². The second-order valence-corrected chi connectivity index (χ2v) is 5.42. The molecule has 0 aromatic heterocycles. The summed E-state index contributed by atoms with van der Waals surface area (Å²) in [6, 6.07) is 7.61. The van der Waals surface area contributed by atoms with Gasteiger partial charge in [-0.05, 0) is 26.0 Å². The van der Waals surface area contributed by atoms with Crippen LogP contribution in [0.3, 0.4) is 0 Å². The van der Waals surface area contributed by atoms with Crippen LogP contribution in [-0.4, -0.2) is 24.9 Å². The molecule has 0 radical (unpaired) electrons. The number of esters is 1. The van der Waals surface area contributed by atoms with Gasteiger partial charge in [-0.1, -0.05) is 12.1 Å². The van der Waals surface area contributed by atoms with Crippen molar-refractivity contribution in [3.63, 3.8) is 0 Å². The van der Waals surface area contributed by atoms with Crippen LogP contribution in [0, 0.1) is 0 Å². The first-order valence-electron chi connectivity index (χ1n) is 4.91. The zero-order valence-corrected chi connectivity index (χ0v) is 10.8. The van der Waals surface area contributed by atoms with E-state index in [0.29, 0.717) is 0 Å². The van der Waals surface area contributed by atoms with E-state index in [4.69, 9.17) is 9.47 Å². The fourth-order valence-corrected chi connectivity index (χ4v) is 2.38. The van der Waals surface area contributed by atoms with Crippen molar-refractivity contribution in [3.05, 3.63) is 24.3 Å². The Bertz CT molecular complexity index is 374. The summed E-state index contributed by atoms with van der Waals surface area (Å²) in [6.45, 7) is 3.66. The van der Waals surface area contributed by atoms with E-state index in [9.17, 15) is 4.79 Å². The molecule has 0 unspecified atom stereocenters. The molecule has 4 heteroatoms. The lowest BCUT2D eigenvalue weighted by Gasteiger charge is -2.21. The molecule has 0 aliphatic carbocycles. The normalized spacial score (nSPS) is 11.0. The van der Waals surface area contributed by atoms with Crippen molar-refractivity contribution in [1.29, 1.82) is 0 Å². The predicted molar refractivity (Wildman–Crippen MR) is 64.9 cm³/mol. The number of benzene rings is 1. The smallest absolute Gasteiger partial charge is 0.321 e. The van der Waals surface area contributed by atoms with Gasteiger partial charge in [-0.2, -0.15) is 0 Å². The standard InChI is InChI=1S/C12H16O3S/c1-12(2,11(13)15-4)16-10-8-6-5-7-9(10)14-3/h5-8H,1-4H3. The fourth-order valence-electron chi connectivity index (χ4n) is 1.27. The molecule has 0 aliphatic heterocycles. The molecule has 0 fully saturated rings. The Hall–Kier alpha value is -1.16. The summed E-state index contributed by atoms with van der Waals surface area (Å²) < 4.78 is 9.37. The van der Waals surface area contributed by atoms with Gasteiger partial charge < -0.3 is 9.47 Å². The molecular formula is C12H16O3S. The quantitative estimate of drug-likeness (QED) is 0.599. The van der Waals surface area contributed by atoms with Gasteiger partial charge in [-0.25, -0.2) is 0 Å². The van der Waals surface area contributed by atoms with Gasteiger partial charge in [0.1, 0.15) is 10.5 Å². The average molecular weight is 240 g/mol. The van der Waals surface area contributed by atoms with E-state index in [1.54, 1.807) is 7.11 Å². The summed E-state index contributed by atoms with van der Waals surface area (Å²) in [4.78, 5) is 12.5. The third-order valence-electron chi connectivity index (χ3n) is 2.11. The summed E-state index contributed by atoms with van der Waals surface area (Å²) in [5.74, 6) is 0.521. The molecule has 0 N–H and O–H groups in total. The maximum atomic E-state index is 11.6. The van der Waals surface area contributed by atoms with Crippen molar-refractivity contribution in [2.24, 2.45) is 0 Å². The van der Waals surface area contributed by atoms with Gasteiger partial charge in [0.25, 0.3) is 0 Å². The molecule has 3 nitrogen and oxygen atoms in total. The van der Waals surface area contributed by atoms with Gasteiger partial charge >= 0.3 is 5.97 Å². The number of carbonyl (C=O) groups excluding carboxylic acids is 1. The van der Waals surface area contributed by atoms with Gasteiger partial charge in [0.15, 0.2) is 0 Å². The largest absolute Gasteiger partial charge is 0.496 e. The van der Waals surface area contributed by atoms with Crippen molar-refractivity contribution in [1.82, 2.24) is 0 Å². The average Bonchev–Trinajstić information content (AvgIpc) is 2.28. The van der Waals surface area contributed by atoms with Crippen LogP contribution < -0.4 is 4.74 Å². The number of carbonyl (C=O) groups is 1. The predicted octanol–water partition coefficient (Wildman–Crippen LogP) is 2.74. The van der Waals surface area contributed by atoms with Crippen molar-refractivity contribution in [2.45, 2.75) is 23.5 Å². The van der Waals surface area contributed by atoms with Crippen molar-refractivity contribution >= 4 is 17.7 Å². The highest BCUT2D eigenvalue weighted by molar-refractivity contribution is 8.01. The maximum Gasteiger partial charge on any atom is 0.321 e. The van der Waals surface area contributed by atoms with Crippen LogP contribution in [0.2, 0.25) is 0 Å². The highest BCUT2D eigenvalue weighted by Crippen LogP contribution is 2.38. The number of ether oxygens (including phenoxy) is 2. The van der Waals surface area contributed by atoms with E-state index in [-0.39, 0.29) is 5.97 Å². The number of hydrogen-bond acceptors (Lipinski definition) is 4. The van der Waals surface area contributed by atoms with Crippen LogP contribution in [0.25, 0.3) is 0 Å². The van der Waals surface area contributed by atoms with E-state index in [0.717, 1.165) is 10.6 Å². The summed E-state index contributed by atoms with van der Waals surface area (Å²) in [7, 11) is 3.01. The van der Waals surface area contributed by atoms with Crippen molar-refractivity contribution < 1.29 is 14.3 Å². The molecule has 1 rings (SSSR count). The lowest BCUT2D eigenvalue weighted by atomic mass is 10.2. The third-order valence-corrected chi connectivity index (χ3v) is 3.35. The van der Waals surface area contributed by atoms with Crippen LogP contribution in [0.15, 0.2) is 29.2 Å². The first kappa shape index (κ1) is 12.9. The summed E-state index contributed by atoms with van der Waals surface area (Å²) >= 11 is 1.43. The van der Waals surface area contributed by atoms with Crippen molar-refractivity contribution in [2.75, 3.05) is 14.2 Å². The highest BCUT2D eigenvalue weighted by Gasteiger charge is 2.30. The Morgan fingerprint density at radius 1 is 1.25 bits per heavy atom. The second-order valence-electron chi connectivity index (χ2n) is 3.75. The molecule has 1 aromatic rings. The molecule has 0 saturated heterocycles. The number of thioether (sulfide) groups is 1. The number of rotatable bonds is 4. The first-order valence-corrected chi connectivity index (χ1v) is 5.73. The van der Waals surface area contributed by atoms with E-state index in [1.807, 2.05) is 38.1 Å². The van der Waals surface area contributed by atoms with E-state index >= 15 is 0 Å². The Labute approximate surface area is 100 Å². The van der Waals surface area contributed by atoms with Gasteiger partial charge in [0, 0.05) is 0 Å². The van der Waals surface area contributed by atoms with Crippen LogP contribution >= 0.6 is 11.8 Å². The summed E-state index contributed by atoms with van der Waals surface area (Å²) in [5.41, 5.74) is 0. The lowest BCUT2D eigenvalue weighted by Crippen LogP contribution is -2.28. The van der Waals surface area contributed by atoms with E-state index < -0.39 is 4.75 Å². The lowest BCUT2D eigenvalue weighted by molar-refractivity contribution is -0.142. The first-order chi connectivity index (χ1) is 7.51. The minimum atomic E-state index is -0.622. The monoisotopic (exact) mass is 240 g/mol. The molecule has 0 spiro atoms. The van der Waals surface area contributed by atoms with Gasteiger partial charge in [-0.15, -0.1) is 11.8 Å². The zero-order chi connectivity index (χ0) is 12.2.